The molecule has 2 atom stereocenters. The molecule has 2 unspecified atom stereocenters. The van der Waals surface area contributed by atoms with Crippen LogP contribution in [0.3, 0.4) is 0 Å². The molecule has 0 saturated heterocycles. The Hall–Kier alpha value is -0.400. The van der Waals surface area contributed by atoms with Gasteiger partial charge in [-0.15, -0.1) is 0 Å². The van der Waals surface area contributed by atoms with E-state index in [1.54, 1.807) is 13.8 Å². The van der Waals surface area contributed by atoms with Crippen LogP contribution in [0.15, 0.2) is 11.1 Å². The Labute approximate surface area is 131 Å². The number of imide groups is 1. The smallest absolute Gasteiger partial charge is 0.547 e. The van der Waals surface area contributed by atoms with Gasteiger partial charge in [-0.1, -0.05) is 25.4 Å². The number of aliphatic carboxylic acids is 1. The molecule has 0 aromatic heterocycles. The van der Waals surface area contributed by atoms with Crippen LogP contribution in [0, 0.1) is 5.92 Å². The van der Waals surface area contributed by atoms with Crippen LogP contribution in [0.1, 0.15) is 13.8 Å². The van der Waals surface area contributed by atoms with Crippen molar-refractivity contribution in [1.82, 2.24) is 4.90 Å². The molecule has 0 aliphatic carbocycles. The fourth-order valence-electron chi connectivity index (χ4n) is 1.42. The number of carboxylic acid groups (broad SMARTS) is 1. The predicted molar refractivity (Wildman–Crippen MR) is 57.4 cm³/mol. The summed E-state index contributed by atoms with van der Waals surface area (Å²) in [7, 11) is 0. The van der Waals surface area contributed by atoms with E-state index in [-0.39, 0.29) is 40.5 Å². The van der Waals surface area contributed by atoms with E-state index in [4.69, 9.17) is 17.3 Å². The summed E-state index contributed by atoms with van der Waals surface area (Å²) in [5, 5.41) is 10.6. The van der Waals surface area contributed by atoms with E-state index in [1.807, 2.05) is 0 Å². The van der Waals surface area contributed by atoms with E-state index in [0.717, 1.165) is 6.08 Å². The van der Waals surface area contributed by atoms with Crippen molar-refractivity contribution in [3.8, 4) is 0 Å². The zero-order chi connectivity index (χ0) is 13.3. The van der Waals surface area contributed by atoms with Crippen molar-refractivity contribution < 1.29 is 49.0 Å². The number of halogens is 1. The fraction of sp³-hybridized carbons (Fsp3) is 0.500. The van der Waals surface area contributed by atoms with Crippen LogP contribution < -0.4 is 40.4 Å². The predicted octanol–water partition coefficient (Wildman–Crippen LogP) is -4.42. The van der Waals surface area contributed by atoms with Crippen molar-refractivity contribution in [1.29, 1.82) is 0 Å². The number of carboxylic acids is 1. The van der Waals surface area contributed by atoms with Crippen LogP contribution >= 0.6 is 11.6 Å². The van der Waals surface area contributed by atoms with Crippen molar-refractivity contribution >= 4 is 29.4 Å². The van der Waals surface area contributed by atoms with Gasteiger partial charge in [0.05, 0.1) is 17.0 Å². The molecule has 6 nitrogen and oxygen atoms in total. The van der Waals surface area contributed by atoms with Crippen LogP contribution in [-0.4, -0.2) is 34.8 Å². The Morgan fingerprint density at radius 2 is 2.00 bits per heavy atom. The molecule has 94 valence electrons. The number of hydrogen-bond donors (Lipinski definition) is 1. The first-order valence-electron chi connectivity index (χ1n) is 4.98. The Bertz CT molecular complexity index is 411. The third-order valence-electron chi connectivity index (χ3n) is 2.48. The first kappa shape index (κ1) is 17.6. The van der Waals surface area contributed by atoms with E-state index >= 15 is 0 Å². The van der Waals surface area contributed by atoms with Gasteiger partial charge in [-0.25, -0.2) is 0 Å². The monoisotopic (exact) mass is 282 g/mol. The Balaban J connectivity index is 0.00000289. The fourth-order valence-corrected chi connectivity index (χ4v) is 1.70. The molecule has 18 heavy (non-hydrogen) atoms. The SMILES string of the molecule is CC(C)C(N)C(=O)N1C(=O)C=C(Cl)C1C(=O)[O-].[Na+]. The third kappa shape index (κ3) is 3.33. The van der Waals surface area contributed by atoms with Crippen molar-refractivity contribution in [2.24, 2.45) is 11.7 Å². The largest absolute Gasteiger partial charge is 1.00 e. The molecule has 0 spiro atoms. The second-order valence-corrected chi connectivity index (χ2v) is 4.50. The van der Waals surface area contributed by atoms with Crippen molar-refractivity contribution in [2.75, 3.05) is 0 Å². The standard InChI is InChI=1S/C10H13ClN2O4.Na/c1-4(2)7(12)9(15)13-6(14)3-5(11)8(13)10(16)17;/h3-4,7-8H,12H2,1-2H3,(H,16,17);/q;+1/p-1. The number of amides is 2. The van der Waals surface area contributed by atoms with E-state index in [9.17, 15) is 19.5 Å². The average molecular weight is 283 g/mol. The minimum Gasteiger partial charge on any atom is -0.547 e. The van der Waals surface area contributed by atoms with E-state index in [1.165, 1.54) is 0 Å². The second-order valence-electron chi connectivity index (χ2n) is 4.07. The molecule has 0 radical (unpaired) electrons. The van der Waals surface area contributed by atoms with Crippen LogP contribution in [0.4, 0.5) is 0 Å². The van der Waals surface area contributed by atoms with Crippen LogP contribution in [0.25, 0.3) is 0 Å². The van der Waals surface area contributed by atoms with Gasteiger partial charge < -0.3 is 15.6 Å². The molecule has 8 heteroatoms. The summed E-state index contributed by atoms with van der Waals surface area (Å²) >= 11 is 5.58. The summed E-state index contributed by atoms with van der Waals surface area (Å²) in [6.45, 7) is 3.37. The zero-order valence-corrected chi connectivity index (χ0v) is 13.1. The van der Waals surface area contributed by atoms with Crippen LogP contribution in [0.5, 0.6) is 0 Å². The molecule has 0 fully saturated rings. The maximum atomic E-state index is 11.9. The first-order chi connectivity index (χ1) is 7.77. The first-order valence-corrected chi connectivity index (χ1v) is 5.35. The van der Waals surface area contributed by atoms with Crippen LogP contribution in [0.2, 0.25) is 0 Å². The molecule has 0 bridgehead atoms. The summed E-state index contributed by atoms with van der Waals surface area (Å²) in [6.07, 6.45) is 0.882. The van der Waals surface area contributed by atoms with Gasteiger partial charge in [0, 0.05) is 6.08 Å². The normalized spacial score (nSPS) is 20.5. The molecule has 2 amide bonds. The molecule has 0 aromatic rings. The number of nitrogens with zero attached hydrogens (tertiary/aromatic N) is 1. The van der Waals surface area contributed by atoms with Crippen molar-refractivity contribution in [3.63, 3.8) is 0 Å². The molecule has 1 heterocycles. The Morgan fingerprint density at radius 3 is 2.39 bits per heavy atom. The molecular formula is C10H12ClN2NaO4. The quantitative estimate of drug-likeness (QED) is 0.526. The van der Waals surface area contributed by atoms with Gasteiger partial charge in [0.1, 0.15) is 6.04 Å². The molecule has 1 rings (SSSR count). The van der Waals surface area contributed by atoms with Crippen LogP contribution in [-0.2, 0) is 14.4 Å². The van der Waals surface area contributed by atoms with Gasteiger partial charge >= 0.3 is 29.6 Å². The van der Waals surface area contributed by atoms with Gasteiger partial charge in [-0.3, -0.25) is 14.5 Å². The molecule has 1 aliphatic rings. The number of carbonyl (C=O) groups excluding carboxylic acids is 3. The van der Waals surface area contributed by atoms with Gasteiger partial charge in [0.2, 0.25) is 5.91 Å². The topological polar surface area (TPSA) is 104 Å². The number of carbonyl (C=O) groups is 3. The maximum Gasteiger partial charge on any atom is 1.00 e. The van der Waals surface area contributed by atoms with Gasteiger partial charge in [0.15, 0.2) is 0 Å². The summed E-state index contributed by atoms with van der Waals surface area (Å²) in [6, 6.07) is -2.53. The molecule has 0 saturated carbocycles. The molecule has 1 aliphatic heterocycles. The van der Waals surface area contributed by atoms with Crippen molar-refractivity contribution in [2.45, 2.75) is 25.9 Å². The minimum absolute atomic E-state index is 0. The summed E-state index contributed by atoms with van der Waals surface area (Å²) in [5.74, 6) is -3.39. The second kappa shape index (κ2) is 6.68. The molecule has 2 N–H and O–H groups in total. The number of rotatable bonds is 3. The van der Waals surface area contributed by atoms with E-state index in [2.05, 4.69) is 0 Å². The third-order valence-corrected chi connectivity index (χ3v) is 2.80. The summed E-state index contributed by atoms with van der Waals surface area (Å²) in [4.78, 5) is 34.7. The zero-order valence-electron chi connectivity index (χ0n) is 10.3. The molecule has 0 aromatic carbocycles. The number of nitrogens with two attached hydrogens (primary N) is 1. The van der Waals surface area contributed by atoms with E-state index in [0.29, 0.717) is 4.90 Å². The number of hydrogen-bond acceptors (Lipinski definition) is 5. The summed E-state index contributed by atoms with van der Waals surface area (Å²) < 4.78 is 0. The average Bonchev–Trinajstić information content (AvgIpc) is 2.51. The van der Waals surface area contributed by atoms with Gasteiger partial charge in [-0.05, 0) is 5.92 Å². The van der Waals surface area contributed by atoms with Gasteiger partial charge in [-0.2, -0.15) is 0 Å². The maximum absolute atomic E-state index is 11.9. The molecular weight excluding hydrogens is 271 g/mol. The van der Waals surface area contributed by atoms with Gasteiger partial charge in [0.25, 0.3) is 5.91 Å². The summed E-state index contributed by atoms with van der Waals surface area (Å²) in [5.41, 5.74) is 5.59. The van der Waals surface area contributed by atoms with Crippen molar-refractivity contribution in [3.05, 3.63) is 11.1 Å². The Kier molecular flexibility index (Phi) is 6.53. The Morgan fingerprint density at radius 1 is 1.50 bits per heavy atom. The van der Waals surface area contributed by atoms with E-state index < -0.39 is 29.9 Å². The minimum atomic E-state index is -1.61.